The molecule has 16 heavy (non-hydrogen) atoms. The van der Waals surface area contributed by atoms with Crippen molar-refractivity contribution in [3.8, 4) is 0 Å². The topological polar surface area (TPSA) is 83.6 Å². The third-order valence-electron chi connectivity index (χ3n) is 2.87. The molecule has 0 aromatic carbocycles. The summed E-state index contributed by atoms with van der Waals surface area (Å²) in [6.07, 6.45) is 5.72. The van der Waals surface area contributed by atoms with E-state index in [1.807, 2.05) is 0 Å². The van der Waals surface area contributed by atoms with Crippen LogP contribution in [-0.4, -0.2) is 28.8 Å². The largest absolute Gasteiger partial charge is 0.396 e. The molecule has 0 aliphatic rings. The number of hydrogen-bond donors (Lipinski definition) is 3. The summed E-state index contributed by atoms with van der Waals surface area (Å²) in [6.45, 7) is 2.04. The molecule has 0 saturated carbocycles. The number of carbonyl (C=O) groups is 1. The van der Waals surface area contributed by atoms with Crippen LogP contribution in [0.1, 0.15) is 51.9 Å². The summed E-state index contributed by atoms with van der Waals surface area (Å²) in [5.74, 6) is -1.12. The Bertz CT molecular complexity index is 185. The third kappa shape index (κ3) is 6.80. The smallest absolute Gasteiger partial charge is 0.223 e. The highest BCUT2D eigenvalue weighted by molar-refractivity contribution is 5.77. The summed E-state index contributed by atoms with van der Waals surface area (Å²) >= 11 is 0. The molecule has 0 radical (unpaired) electrons. The van der Waals surface area contributed by atoms with E-state index >= 15 is 0 Å². The predicted octanol–water partition coefficient (Wildman–Crippen LogP) is 1.19. The molecular weight excluding hydrogens is 206 g/mol. The first kappa shape index (κ1) is 15.4. The van der Waals surface area contributed by atoms with E-state index in [4.69, 9.17) is 10.8 Å². The summed E-state index contributed by atoms with van der Waals surface area (Å²) in [7, 11) is 0. The summed E-state index contributed by atoms with van der Waals surface area (Å²) in [4.78, 5) is 11.0. The van der Waals surface area contributed by atoms with Gasteiger partial charge < -0.3 is 15.9 Å². The molecule has 0 rings (SSSR count). The normalized spacial score (nSPS) is 14.7. The number of rotatable bonds is 10. The Morgan fingerprint density at radius 2 is 1.81 bits per heavy atom. The molecule has 0 aromatic rings. The van der Waals surface area contributed by atoms with Gasteiger partial charge >= 0.3 is 0 Å². The minimum Gasteiger partial charge on any atom is -0.396 e. The highest BCUT2D eigenvalue weighted by Gasteiger charge is 2.23. The van der Waals surface area contributed by atoms with Crippen LogP contribution in [-0.2, 0) is 4.79 Å². The second-order valence-electron chi connectivity index (χ2n) is 4.29. The van der Waals surface area contributed by atoms with Gasteiger partial charge in [-0.2, -0.15) is 0 Å². The van der Waals surface area contributed by atoms with Crippen LogP contribution in [0.25, 0.3) is 0 Å². The van der Waals surface area contributed by atoms with Gasteiger partial charge in [0.1, 0.15) is 0 Å². The van der Waals surface area contributed by atoms with Crippen molar-refractivity contribution in [2.45, 2.75) is 58.0 Å². The molecule has 4 heteroatoms. The number of unbranched alkanes of at least 4 members (excludes halogenated alkanes) is 4. The number of amides is 1. The first-order valence-electron chi connectivity index (χ1n) is 6.21. The molecule has 96 valence electrons. The minimum absolute atomic E-state index is 0.111. The Labute approximate surface area is 97.8 Å². The number of aliphatic hydroxyl groups is 2. The zero-order valence-electron chi connectivity index (χ0n) is 10.2. The maximum absolute atomic E-state index is 11.0. The molecule has 0 heterocycles. The van der Waals surface area contributed by atoms with Crippen LogP contribution < -0.4 is 5.73 Å². The summed E-state index contributed by atoms with van der Waals surface area (Å²) in [6, 6.07) is 0. The zero-order valence-corrected chi connectivity index (χ0v) is 10.2. The van der Waals surface area contributed by atoms with Gasteiger partial charge in [-0.05, 0) is 12.8 Å². The summed E-state index contributed by atoms with van der Waals surface area (Å²) in [5.41, 5.74) is 5.17. The molecule has 4 N–H and O–H groups in total. The average molecular weight is 231 g/mol. The molecule has 2 atom stereocenters. The first-order valence-corrected chi connectivity index (χ1v) is 6.21. The van der Waals surface area contributed by atoms with Gasteiger partial charge in [0.2, 0.25) is 5.91 Å². The number of aliphatic hydroxyl groups excluding tert-OH is 2. The van der Waals surface area contributed by atoms with Crippen molar-refractivity contribution in [3.63, 3.8) is 0 Å². The monoisotopic (exact) mass is 231 g/mol. The summed E-state index contributed by atoms with van der Waals surface area (Å²) < 4.78 is 0. The Balaban J connectivity index is 3.74. The van der Waals surface area contributed by atoms with Crippen molar-refractivity contribution in [1.82, 2.24) is 0 Å². The lowest BCUT2D eigenvalue weighted by atomic mass is 9.94. The van der Waals surface area contributed by atoms with Crippen LogP contribution in [0.15, 0.2) is 0 Å². The molecular formula is C12H25NO3. The lowest BCUT2D eigenvalue weighted by molar-refractivity contribution is -0.126. The Morgan fingerprint density at radius 1 is 1.19 bits per heavy atom. The van der Waals surface area contributed by atoms with Crippen LogP contribution in [0.5, 0.6) is 0 Å². The molecule has 1 amide bonds. The highest BCUT2D eigenvalue weighted by Crippen LogP contribution is 2.15. The van der Waals surface area contributed by atoms with Crippen molar-refractivity contribution < 1.29 is 15.0 Å². The number of carbonyl (C=O) groups excluding carboxylic acids is 1. The molecule has 0 aromatic heterocycles. The fraction of sp³-hybridized carbons (Fsp3) is 0.917. The second-order valence-corrected chi connectivity index (χ2v) is 4.29. The first-order chi connectivity index (χ1) is 7.63. The lowest BCUT2D eigenvalue weighted by Gasteiger charge is -2.18. The van der Waals surface area contributed by atoms with Gasteiger partial charge in [0.05, 0.1) is 12.0 Å². The van der Waals surface area contributed by atoms with E-state index in [0.717, 1.165) is 12.8 Å². The third-order valence-corrected chi connectivity index (χ3v) is 2.87. The van der Waals surface area contributed by atoms with Crippen molar-refractivity contribution in [2.75, 3.05) is 6.61 Å². The van der Waals surface area contributed by atoms with Crippen LogP contribution in [0.3, 0.4) is 0 Å². The molecule has 0 aliphatic carbocycles. The van der Waals surface area contributed by atoms with Crippen molar-refractivity contribution in [2.24, 2.45) is 11.7 Å². The van der Waals surface area contributed by atoms with E-state index in [1.54, 1.807) is 0 Å². The van der Waals surface area contributed by atoms with Crippen molar-refractivity contribution in [1.29, 1.82) is 0 Å². The van der Waals surface area contributed by atoms with Crippen molar-refractivity contribution in [3.05, 3.63) is 0 Å². The Morgan fingerprint density at radius 3 is 2.31 bits per heavy atom. The zero-order chi connectivity index (χ0) is 12.4. The maximum atomic E-state index is 11.0. The van der Waals surface area contributed by atoms with Crippen LogP contribution in [0.2, 0.25) is 0 Å². The molecule has 0 spiro atoms. The van der Waals surface area contributed by atoms with Gasteiger partial charge in [-0.3, -0.25) is 4.79 Å². The lowest BCUT2D eigenvalue weighted by Crippen LogP contribution is -2.34. The van der Waals surface area contributed by atoms with Gasteiger partial charge in [0.15, 0.2) is 0 Å². The Hall–Kier alpha value is -0.610. The number of hydrogen-bond acceptors (Lipinski definition) is 3. The minimum atomic E-state index is -0.703. The van der Waals surface area contributed by atoms with E-state index in [0.29, 0.717) is 6.42 Å². The number of nitrogens with two attached hydrogens (primary N) is 1. The van der Waals surface area contributed by atoms with Gasteiger partial charge in [-0.25, -0.2) is 0 Å². The SMILES string of the molecule is CCCCCCC[C@@H](O)[C@H](CCO)C(N)=O. The highest BCUT2D eigenvalue weighted by atomic mass is 16.3. The quantitative estimate of drug-likeness (QED) is 0.494. The van der Waals surface area contributed by atoms with Crippen molar-refractivity contribution >= 4 is 5.91 Å². The average Bonchev–Trinajstić information content (AvgIpc) is 2.24. The molecule has 0 fully saturated rings. The molecule has 0 bridgehead atoms. The van der Waals surface area contributed by atoms with E-state index < -0.39 is 17.9 Å². The van der Waals surface area contributed by atoms with Gasteiger partial charge in [0.25, 0.3) is 0 Å². The molecule has 0 aliphatic heterocycles. The van der Waals surface area contributed by atoms with Crippen LogP contribution in [0.4, 0.5) is 0 Å². The van der Waals surface area contributed by atoms with Crippen LogP contribution >= 0.6 is 0 Å². The predicted molar refractivity (Wildman–Crippen MR) is 63.8 cm³/mol. The molecule has 4 nitrogen and oxygen atoms in total. The molecule has 0 unspecified atom stereocenters. The fourth-order valence-electron chi connectivity index (χ4n) is 1.82. The van der Waals surface area contributed by atoms with E-state index in [-0.39, 0.29) is 13.0 Å². The Kier molecular flexibility index (Phi) is 9.24. The fourth-order valence-corrected chi connectivity index (χ4v) is 1.82. The van der Waals surface area contributed by atoms with Gasteiger partial charge in [-0.1, -0.05) is 39.0 Å². The molecule has 0 saturated heterocycles. The van der Waals surface area contributed by atoms with Gasteiger partial charge in [-0.15, -0.1) is 0 Å². The van der Waals surface area contributed by atoms with E-state index in [9.17, 15) is 9.90 Å². The summed E-state index contributed by atoms with van der Waals surface area (Å²) in [5, 5.41) is 18.5. The standard InChI is InChI=1S/C12H25NO3/c1-2-3-4-5-6-7-11(15)10(8-9-14)12(13)16/h10-11,14-15H,2-9H2,1H3,(H2,13,16)/t10-,11+/m0/s1. The van der Waals surface area contributed by atoms with Gasteiger partial charge in [0, 0.05) is 6.61 Å². The maximum Gasteiger partial charge on any atom is 0.223 e. The van der Waals surface area contributed by atoms with Crippen LogP contribution in [0, 0.1) is 5.92 Å². The second kappa shape index (κ2) is 9.60. The number of primary amides is 1. The van der Waals surface area contributed by atoms with E-state index in [2.05, 4.69) is 6.92 Å². The van der Waals surface area contributed by atoms with E-state index in [1.165, 1.54) is 19.3 Å².